The Morgan fingerprint density at radius 2 is 2.18 bits per heavy atom. The predicted octanol–water partition coefficient (Wildman–Crippen LogP) is 1.99. The fourth-order valence-corrected chi connectivity index (χ4v) is 1.60. The first kappa shape index (κ1) is 13.3. The number of nitrogens with zero attached hydrogens (tertiary/aromatic N) is 2. The van der Waals surface area contributed by atoms with Crippen LogP contribution < -0.4 is 10.5 Å². The highest BCUT2D eigenvalue weighted by Gasteiger charge is 2.07. The second kappa shape index (κ2) is 6.08. The van der Waals surface area contributed by atoms with Gasteiger partial charge in [-0.1, -0.05) is 19.0 Å². The number of hydrogen-bond acceptors (Lipinski definition) is 4. The predicted molar refractivity (Wildman–Crippen MR) is 66.3 cm³/mol. The van der Waals surface area contributed by atoms with Crippen LogP contribution in [0.4, 0.5) is 0 Å². The molecule has 1 rings (SSSR count). The molecule has 17 heavy (non-hydrogen) atoms. The summed E-state index contributed by atoms with van der Waals surface area (Å²) in [4.78, 5) is 4.04. The Balaban J connectivity index is 2.62. The maximum absolute atomic E-state index is 8.49. The largest absolute Gasteiger partial charge is 0.489 e. The lowest BCUT2D eigenvalue weighted by atomic mass is 10.1. The van der Waals surface area contributed by atoms with Gasteiger partial charge in [0.15, 0.2) is 5.84 Å². The summed E-state index contributed by atoms with van der Waals surface area (Å²) in [6.45, 7) is 6.33. The third kappa shape index (κ3) is 4.30. The topological polar surface area (TPSA) is 80.7 Å². The first-order chi connectivity index (χ1) is 8.02. The van der Waals surface area contributed by atoms with Crippen molar-refractivity contribution in [2.75, 3.05) is 0 Å². The van der Waals surface area contributed by atoms with Crippen molar-refractivity contribution in [3.05, 3.63) is 24.0 Å². The van der Waals surface area contributed by atoms with Crippen LogP contribution in [-0.4, -0.2) is 22.1 Å². The van der Waals surface area contributed by atoms with Crippen LogP contribution in [0.2, 0.25) is 0 Å². The average Bonchev–Trinajstić information content (AvgIpc) is 2.28. The fourth-order valence-electron chi connectivity index (χ4n) is 1.60. The zero-order valence-corrected chi connectivity index (χ0v) is 10.4. The van der Waals surface area contributed by atoms with E-state index in [1.54, 1.807) is 18.3 Å². The van der Waals surface area contributed by atoms with Crippen LogP contribution in [0.1, 0.15) is 32.9 Å². The Hall–Kier alpha value is -1.78. The highest BCUT2D eigenvalue weighted by Crippen LogP contribution is 2.15. The maximum atomic E-state index is 8.49. The summed E-state index contributed by atoms with van der Waals surface area (Å²) in [5, 5.41) is 11.4. The van der Waals surface area contributed by atoms with E-state index >= 15 is 0 Å². The van der Waals surface area contributed by atoms with Crippen molar-refractivity contribution < 1.29 is 9.94 Å². The fraction of sp³-hybridized carbons (Fsp3) is 0.500. The molecule has 1 aromatic heterocycles. The molecule has 0 radical (unpaired) electrons. The quantitative estimate of drug-likeness (QED) is 0.355. The van der Waals surface area contributed by atoms with Gasteiger partial charge in [-0.2, -0.15) is 0 Å². The van der Waals surface area contributed by atoms with E-state index < -0.39 is 0 Å². The van der Waals surface area contributed by atoms with Crippen LogP contribution in [0.5, 0.6) is 5.75 Å². The zero-order valence-electron chi connectivity index (χ0n) is 10.4. The number of oxime groups is 1. The van der Waals surface area contributed by atoms with Gasteiger partial charge in [0.2, 0.25) is 0 Å². The number of aromatic nitrogens is 1. The molecule has 0 saturated carbocycles. The smallest absolute Gasteiger partial charge is 0.188 e. The number of nitrogens with two attached hydrogens (primary N) is 1. The van der Waals surface area contributed by atoms with E-state index in [1.165, 1.54) is 0 Å². The normalized spacial score (nSPS) is 13.8. The van der Waals surface area contributed by atoms with Crippen LogP contribution in [0.3, 0.4) is 0 Å². The van der Waals surface area contributed by atoms with Gasteiger partial charge >= 0.3 is 0 Å². The molecule has 0 aromatic carbocycles. The van der Waals surface area contributed by atoms with Gasteiger partial charge in [0.25, 0.3) is 0 Å². The van der Waals surface area contributed by atoms with Gasteiger partial charge in [-0.05, 0) is 31.4 Å². The molecule has 0 aliphatic heterocycles. The van der Waals surface area contributed by atoms with Crippen LogP contribution in [0.25, 0.3) is 0 Å². The molecule has 0 fully saturated rings. The standard InChI is InChI=1S/C12H19N3O2/c1-8(2)6-9(3)17-10-4-5-11(14-7-10)12(13)15-16/h4-5,7-9,16H,6H2,1-3H3,(H2,13,15). The molecule has 1 unspecified atom stereocenters. The van der Waals surface area contributed by atoms with E-state index in [0.717, 1.165) is 6.42 Å². The Labute approximate surface area is 101 Å². The van der Waals surface area contributed by atoms with Crippen molar-refractivity contribution in [1.29, 1.82) is 0 Å². The van der Waals surface area contributed by atoms with Gasteiger partial charge in [-0.3, -0.25) is 0 Å². The van der Waals surface area contributed by atoms with Crippen molar-refractivity contribution in [1.82, 2.24) is 4.98 Å². The summed E-state index contributed by atoms with van der Waals surface area (Å²) in [6, 6.07) is 3.42. The van der Waals surface area contributed by atoms with Crippen molar-refractivity contribution in [2.45, 2.75) is 33.3 Å². The Kier molecular flexibility index (Phi) is 4.75. The molecule has 0 amide bonds. The van der Waals surface area contributed by atoms with Gasteiger partial charge in [-0.15, -0.1) is 0 Å². The van der Waals surface area contributed by atoms with E-state index in [1.807, 2.05) is 6.92 Å². The SMILES string of the molecule is CC(C)CC(C)Oc1ccc(/C(N)=N/O)nc1. The molecule has 0 saturated heterocycles. The molecule has 0 aliphatic carbocycles. The van der Waals surface area contributed by atoms with Crippen LogP contribution in [0, 0.1) is 5.92 Å². The minimum Gasteiger partial charge on any atom is -0.489 e. The number of amidine groups is 1. The molecule has 0 spiro atoms. The molecule has 5 nitrogen and oxygen atoms in total. The van der Waals surface area contributed by atoms with Crippen LogP contribution >= 0.6 is 0 Å². The molecule has 3 N–H and O–H groups in total. The summed E-state index contributed by atoms with van der Waals surface area (Å²) in [7, 11) is 0. The number of hydrogen-bond donors (Lipinski definition) is 2. The molecule has 1 atom stereocenters. The molecule has 1 heterocycles. The summed E-state index contributed by atoms with van der Waals surface area (Å²) in [5.41, 5.74) is 5.84. The monoisotopic (exact) mass is 237 g/mol. The van der Waals surface area contributed by atoms with E-state index in [9.17, 15) is 0 Å². The molecule has 0 aliphatic rings. The number of rotatable bonds is 5. The van der Waals surface area contributed by atoms with Gasteiger partial charge in [0.1, 0.15) is 11.4 Å². The highest BCUT2D eigenvalue weighted by molar-refractivity contribution is 5.95. The zero-order chi connectivity index (χ0) is 12.8. The summed E-state index contributed by atoms with van der Waals surface area (Å²) in [5.74, 6) is 1.27. The van der Waals surface area contributed by atoms with E-state index in [2.05, 4.69) is 24.0 Å². The molecular formula is C12H19N3O2. The minimum atomic E-state index is -0.00761. The third-order valence-electron chi connectivity index (χ3n) is 2.25. The molecular weight excluding hydrogens is 218 g/mol. The lowest BCUT2D eigenvalue weighted by Gasteiger charge is -2.16. The van der Waals surface area contributed by atoms with Gasteiger partial charge in [0, 0.05) is 0 Å². The van der Waals surface area contributed by atoms with Crippen LogP contribution in [-0.2, 0) is 0 Å². The Bertz CT molecular complexity index is 374. The van der Waals surface area contributed by atoms with Gasteiger partial charge < -0.3 is 15.7 Å². The minimum absolute atomic E-state index is 0.00761. The van der Waals surface area contributed by atoms with E-state index in [4.69, 9.17) is 15.7 Å². The van der Waals surface area contributed by atoms with Crippen LogP contribution in [0.15, 0.2) is 23.5 Å². The Morgan fingerprint density at radius 3 is 2.65 bits per heavy atom. The molecule has 0 bridgehead atoms. The van der Waals surface area contributed by atoms with Crippen molar-refractivity contribution in [2.24, 2.45) is 16.8 Å². The molecule has 5 heteroatoms. The van der Waals surface area contributed by atoms with Crippen molar-refractivity contribution in [3.8, 4) is 5.75 Å². The van der Waals surface area contributed by atoms with Crippen molar-refractivity contribution in [3.63, 3.8) is 0 Å². The van der Waals surface area contributed by atoms with E-state index in [-0.39, 0.29) is 11.9 Å². The second-order valence-electron chi connectivity index (χ2n) is 4.42. The summed E-state index contributed by atoms with van der Waals surface area (Å²) >= 11 is 0. The summed E-state index contributed by atoms with van der Waals surface area (Å²) < 4.78 is 5.69. The molecule has 94 valence electrons. The highest BCUT2D eigenvalue weighted by atomic mass is 16.5. The maximum Gasteiger partial charge on any atom is 0.188 e. The first-order valence-electron chi connectivity index (χ1n) is 5.63. The lowest BCUT2D eigenvalue weighted by Crippen LogP contribution is -2.16. The van der Waals surface area contributed by atoms with Gasteiger partial charge in [0.05, 0.1) is 12.3 Å². The lowest BCUT2D eigenvalue weighted by molar-refractivity contribution is 0.192. The Morgan fingerprint density at radius 1 is 1.47 bits per heavy atom. The third-order valence-corrected chi connectivity index (χ3v) is 2.25. The number of ether oxygens (including phenoxy) is 1. The number of pyridine rings is 1. The summed E-state index contributed by atoms with van der Waals surface area (Å²) in [6.07, 6.45) is 2.71. The molecule has 1 aromatic rings. The van der Waals surface area contributed by atoms with Crippen molar-refractivity contribution >= 4 is 5.84 Å². The van der Waals surface area contributed by atoms with Gasteiger partial charge in [-0.25, -0.2) is 4.98 Å². The van der Waals surface area contributed by atoms with E-state index in [0.29, 0.717) is 17.4 Å². The average molecular weight is 237 g/mol. The first-order valence-corrected chi connectivity index (χ1v) is 5.63. The second-order valence-corrected chi connectivity index (χ2v) is 4.42.